The van der Waals surface area contributed by atoms with Crippen LogP contribution in [0.4, 0.5) is 14.5 Å². The summed E-state index contributed by atoms with van der Waals surface area (Å²) in [7, 11) is -4.14. The molecule has 172 valence electrons. The summed E-state index contributed by atoms with van der Waals surface area (Å²) in [5, 5.41) is 0. The molecule has 3 aromatic rings. The fraction of sp³-hybridized carbons (Fsp3) is 0.240. The van der Waals surface area contributed by atoms with Crippen molar-refractivity contribution in [1.29, 1.82) is 0 Å². The van der Waals surface area contributed by atoms with E-state index in [-0.39, 0.29) is 11.6 Å². The van der Waals surface area contributed by atoms with Crippen molar-refractivity contribution < 1.29 is 22.0 Å². The van der Waals surface area contributed by atoms with Crippen LogP contribution in [0, 0.1) is 17.6 Å². The third-order valence-corrected chi connectivity index (χ3v) is 7.21. The number of hydrogen-bond acceptors (Lipinski definition) is 3. The molecule has 1 heterocycles. The molecule has 1 amide bonds. The fourth-order valence-corrected chi connectivity index (χ4v) is 5.10. The number of likely N-dealkylation sites (tertiary alicyclic amines) is 1. The summed E-state index contributed by atoms with van der Waals surface area (Å²) >= 11 is 0. The predicted octanol–water partition coefficient (Wildman–Crippen LogP) is 4.86. The molecular formula is C25H24F2N2O3S. The number of rotatable bonds is 6. The standard InChI is InChI=1S/C25H24F2N2O3S/c26-23-10-9-22(17-24(23)27)33(31,32)28-21-8-4-7-20(16-21)25(30)29-13-11-19(12-14-29)15-18-5-2-1-3-6-18/h1-10,16-17,19,28H,11-15H2. The first-order chi connectivity index (χ1) is 15.8. The smallest absolute Gasteiger partial charge is 0.261 e. The molecule has 8 heteroatoms. The van der Waals surface area contributed by atoms with Crippen molar-refractivity contribution in [2.24, 2.45) is 5.92 Å². The van der Waals surface area contributed by atoms with Gasteiger partial charge in [0.15, 0.2) is 11.6 Å². The van der Waals surface area contributed by atoms with Gasteiger partial charge in [0, 0.05) is 24.3 Å². The van der Waals surface area contributed by atoms with E-state index >= 15 is 0 Å². The van der Waals surface area contributed by atoms with E-state index in [0.29, 0.717) is 30.6 Å². The lowest BCUT2D eigenvalue weighted by molar-refractivity contribution is 0.0690. The Bertz CT molecular complexity index is 1240. The van der Waals surface area contributed by atoms with Crippen LogP contribution >= 0.6 is 0 Å². The summed E-state index contributed by atoms with van der Waals surface area (Å²) in [6.07, 6.45) is 2.80. The van der Waals surface area contributed by atoms with Gasteiger partial charge in [-0.05, 0) is 67.1 Å². The third-order valence-electron chi connectivity index (χ3n) is 5.83. The lowest BCUT2D eigenvalue weighted by atomic mass is 9.90. The van der Waals surface area contributed by atoms with Crippen LogP contribution in [-0.4, -0.2) is 32.3 Å². The quantitative estimate of drug-likeness (QED) is 0.560. The minimum Gasteiger partial charge on any atom is -0.339 e. The van der Waals surface area contributed by atoms with Gasteiger partial charge in [-0.3, -0.25) is 9.52 Å². The largest absolute Gasteiger partial charge is 0.339 e. The number of hydrogen-bond donors (Lipinski definition) is 1. The maximum Gasteiger partial charge on any atom is 0.261 e. The highest BCUT2D eigenvalue weighted by atomic mass is 32.2. The molecule has 1 aliphatic heterocycles. The van der Waals surface area contributed by atoms with Gasteiger partial charge in [-0.15, -0.1) is 0 Å². The van der Waals surface area contributed by atoms with Crippen LogP contribution in [-0.2, 0) is 16.4 Å². The monoisotopic (exact) mass is 470 g/mol. The number of anilines is 1. The minimum atomic E-state index is -4.14. The molecule has 0 aromatic heterocycles. The van der Waals surface area contributed by atoms with E-state index in [4.69, 9.17) is 0 Å². The molecule has 3 aromatic carbocycles. The number of sulfonamides is 1. The van der Waals surface area contributed by atoms with Crippen LogP contribution in [0.5, 0.6) is 0 Å². The first-order valence-electron chi connectivity index (χ1n) is 10.7. The number of nitrogens with zero attached hydrogens (tertiary/aromatic N) is 1. The molecule has 5 nitrogen and oxygen atoms in total. The zero-order chi connectivity index (χ0) is 23.4. The Kier molecular flexibility index (Phi) is 6.74. The Balaban J connectivity index is 1.40. The Morgan fingerprint density at radius 1 is 0.909 bits per heavy atom. The summed E-state index contributed by atoms with van der Waals surface area (Å²) in [5.41, 5.74) is 1.83. The average Bonchev–Trinajstić information content (AvgIpc) is 2.81. The van der Waals surface area contributed by atoms with E-state index < -0.39 is 26.6 Å². The second kappa shape index (κ2) is 9.70. The summed E-state index contributed by atoms with van der Waals surface area (Å²) < 4.78 is 54.0. The van der Waals surface area contributed by atoms with Crippen molar-refractivity contribution in [2.45, 2.75) is 24.2 Å². The Morgan fingerprint density at radius 3 is 2.33 bits per heavy atom. The van der Waals surface area contributed by atoms with Gasteiger partial charge in [-0.2, -0.15) is 0 Å². The van der Waals surface area contributed by atoms with Crippen LogP contribution in [0.25, 0.3) is 0 Å². The molecule has 0 spiro atoms. The normalized spacial score (nSPS) is 14.8. The van der Waals surface area contributed by atoms with Gasteiger partial charge in [0.2, 0.25) is 0 Å². The summed E-state index contributed by atoms with van der Waals surface area (Å²) in [4.78, 5) is 14.4. The maximum absolute atomic E-state index is 13.5. The number of piperidine rings is 1. The molecular weight excluding hydrogens is 446 g/mol. The van der Waals surface area contributed by atoms with Crippen LogP contribution in [0.15, 0.2) is 77.7 Å². The lowest BCUT2D eigenvalue weighted by Crippen LogP contribution is -2.38. The van der Waals surface area contributed by atoms with Crippen molar-refractivity contribution in [3.8, 4) is 0 Å². The third kappa shape index (κ3) is 5.57. The van der Waals surface area contributed by atoms with Crippen molar-refractivity contribution in [3.05, 3.63) is 95.6 Å². The van der Waals surface area contributed by atoms with Gasteiger partial charge in [0.1, 0.15) is 0 Å². The van der Waals surface area contributed by atoms with Gasteiger partial charge in [0.25, 0.3) is 15.9 Å². The minimum absolute atomic E-state index is 0.165. The van der Waals surface area contributed by atoms with Crippen LogP contribution in [0.1, 0.15) is 28.8 Å². The number of amides is 1. The van der Waals surface area contributed by atoms with E-state index in [9.17, 15) is 22.0 Å². The van der Waals surface area contributed by atoms with E-state index in [1.54, 1.807) is 17.0 Å². The molecule has 1 saturated heterocycles. The highest BCUT2D eigenvalue weighted by Crippen LogP contribution is 2.24. The zero-order valence-corrected chi connectivity index (χ0v) is 18.7. The summed E-state index contributed by atoms with van der Waals surface area (Å²) in [6, 6.07) is 18.8. The van der Waals surface area contributed by atoms with Gasteiger partial charge < -0.3 is 4.90 Å². The van der Waals surface area contributed by atoms with Crippen molar-refractivity contribution >= 4 is 21.6 Å². The number of benzene rings is 3. The molecule has 1 fully saturated rings. The predicted molar refractivity (Wildman–Crippen MR) is 122 cm³/mol. The molecule has 0 aliphatic carbocycles. The van der Waals surface area contributed by atoms with Crippen LogP contribution in [0.2, 0.25) is 0 Å². The Labute approximate surface area is 192 Å². The van der Waals surface area contributed by atoms with Crippen molar-refractivity contribution in [2.75, 3.05) is 17.8 Å². The van der Waals surface area contributed by atoms with E-state index in [1.807, 2.05) is 18.2 Å². The molecule has 1 aliphatic rings. The zero-order valence-electron chi connectivity index (χ0n) is 17.9. The molecule has 0 saturated carbocycles. The molecule has 0 atom stereocenters. The fourth-order valence-electron chi connectivity index (χ4n) is 4.04. The Morgan fingerprint density at radius 2 is 1.64 bits per heavy atom. The van der Waals surface area contributed by atoms with Gasteiger partial charge >= 0.3 is 0 Å². The lowest BCUT2D eigenvalue weighted by Gasteiger charge is -2.32. The second-order valence-electron chi connectivity index (χ2n) is 8.19. The van der Waals surface area contributed by atoms with Crippen LogP contribution < -0.4 is 4.72 Å². The molecule has 0 unspecified atom stereocenters. The number of nitrogens with one attached hydrogen (secondary N) is 1. The van der Waals surface area contributed by atoms with Gasteiger partial charge in [-0.1, -0.05) is 36.4 Å². The molecule has 4 rings (SSSR count). The highest BCUT2D eigenvalue weighted by molar-refractivity contribution is 7.92. The van der Waals surface area contributed by atoms with Gasteiger partial charge in [-0.25, -0.2) is 17.2 Å². The Hall–Kier alpha value is -3.26. The average molecular weight is 471 g/mol. The number of halogens is 2. The van der Waals surface area contributed by atoms with Crippen LogP contribution in [0.3, 0.4) is 0 Å². The number of carbonyl (C=O) groups excluding carboxylic acids is 1. The number of carbonyl (C=O) groups is 1. The summed E-state index contributed by atoms with van der Waals surface area (Å²) in [5.74, 6) is -2.03. The molecule has 0 radical (unpaired) electrons. The van der Waals surface area contributed by atoms with E-state index in [0.717, 1.165) is 31.4 Å². The topological polar surface area (TPSA) is 66.5 Å². The van der Waals surface area contributed by atoms with Crippen molar-refractivity contribution in [3.63, 3.8) is 0 Å². The molecule has 1 N–H and O–H groups in total. The van der Waals surface area contributed by atoms with E-state index in [2.05, 4.69) is 16.9 Å². The second-order valence-corrected chi connectivity index (χ2v) is 9.87. The van der Waals surface area contributed by atoms with Crippen molar-refractivity contribution in [1.82, 2.24) is 4.90 Å². The summed E-state index contributed by atoms with van der Waals surface area (Å²) in [6.45, 7) is 1.28. The first kappa shape index (κ1) is 22.9. The SMILES string of the molecule is O=C(c1cccc(NS(=O)(=O)c2ccc(F)c(F)c2)c1)N1CCC(Cc2ccccc2)CC1. The molecule has 0 bridgehead atoms. The van der Waals surface area contributed by atoms with E-state index in [1.165, 1.54) is 17.7 Å². The molecule has 33 heavy (non-hydrogen) atoms. The van der Waals surface area contributed by atoms with Gasteiger partial charge in [0.05, 0.1) is 4.90 Å². The first-order valence-corrected chi connectivity index (χ1v) is 12.2. The highest BCUT2D eigenvalue weighted by Gasteiger charge is 2.24. The maximum atomic E-state index is 13.5.